The van der Waals surface area contributed by atoms with Crippen LogP contribution in [0.1, 0.15) is 5.56 Å². The number of hydrogen-bond acceptors (Lipinski definition) is 4. The molecule has 0 bridgehead atoms. The summed E-state index contributed by atoms with van der Waals surface area (Å²) in [5.74, 6) is -1.68. The molecule has 2 aromatic heterocycles. The number of nitrogens with zero attached hydrogens (tertiary/aromatic N) is 3. The van der Waals surface area contributed by atoms with Gasteiger partial charge in [-0.25, -0.2) is 13.3 Å². The van der Waals surface area contributed by atoms with Crippen LogP contribution in [0.5, 0.6) is 11.6 Å². The zero-order chi connectivity index (χ0) is 20.7. The average molecular weight is 434 g/mol. The standard InChI is InChI=1S/C20H11Cl2F2N3O2/c1-10-7-14(24)16(8-13(10)23)29-17-6-5-15-19(20(28)25-9-27(15)26-17)18-11(21)3-2-4-12(18)22/h2-9H,1H3. The first-order chi connectivity index (χ1) is 13.8. The van der Waals surface area contributed by atoms with Crippen molar-refractivity contribution in [2.24, 2.45) is 0 Å². The van der Waals surface area contributed by atoms with Gasteiger partial charge in [0.15, 0.2) is 11.6 Å². The van der Waals surface area contributed by atoms with E-state index in [1.807, 2.05) is 0 Å². The number of halogens is 4. The van der Waals surface area contributed by atoms with Crippen LogP contribution >= 0.6 is 23.2 Å². The van der Waals surface area contributed by atoms with Gasteiger partial charge in [-0.2, -0.15) is 4.98 Å². The van der Waals surface area contributed by atoms with E-state index in [1.165, 1.54) is 29.9 Å². The monoisotopic (exact) mass is 433 g/mol. The normalized spacial score (nSPS) is 11.1. The SMILES string of the molecule is Cc1cc(F)c(Oc2ccc3c(-c4c(Cl)cccc4Cl)c(=O)ncn3n2)cc1F. The van der Waals surface area contributed by atoms with Gasteiger partial charge in [0, 0.05) is 17.7 Å². The van der Waals surface area contributed by atoms with Gasteiger partial charge in [-0.15, -0.1) is 5.10 Å². The molecule has 5 nitrogen and oxygen atoms in total. The molecule has 4 aromatic rings. The van der Waals surface area contributed by atoms with Crippen molar-refractivity contribution >= 4 is 28.7 Å². The van der Waals surface area contributed by atoms with Gasteiger partial charge in [-0.1, -0.05) is 29.3 Å². The number of aryl methyl sites for hydroxylation is 1. The number of hydrogen-bond donors (Lipinski definition) is 0. The van der Waals surface area contributed by atoms with Gasteiger partial charge >= 0.3 is 0 Å². The number of rotatable bonds is 3. The average Bonchev–Trinajstić information content (AvgIpc) is 2.67. The summed E-state index contributed by atoms with van der Waals surface area (Å²) >= 11 is 12.5. The maximum absolute atomic E-state index is 14.0. The van der Waals surface area contributed by atoms with Crippen molar-refractivity contribution in [2.45, 2.75) is 6.92 Å². The van der Waals surface area contributed by atoms with Gasteiger partial charge in [0.1, 0.15) is 12.1 Å². The molecule has 146 valence electrons. The molecule has 0 N–H and O–H groups in total. The van der Waals surface area contributed by atoms with Crippen molar-refractivity contribution in [1.82, 2.24) is 14.6 Å². The Balaban J connectivity index is 1.84. The minimum Gasteiger partial charge on any atom is -0.434 e. The number of fused-ring (bicyclic) bond motifs is 1. The Morgan fingerprint density at radius 3 is 2.45 bits per heavy atom. The van der Waals surface area contributed by atoms with Crippen LogP contribution in [0.15, 0.2) is 53.6 Å². The van der Waals surface area contributed by atoms with Crippen molar-refractivity contribution in [2.75, 3.05) is 0 Å². The van der Waals surface area contributed by atoms with E-state index in [4.69, 9.17) is 27.9 Å². The minimum absolute atomic E-state index is 0.0266. The highest BCUT2D eigenvalue weighted by molar-refractivity contribution is 6.39. The van der Waals surface area contributed by atoms with Crippen molar-refractivity contribution < 1.29 is 13.5 Å². The van der Waals surface area contributed by atoms with Crippen LogP contribution in [0.4, 0.5) is 8.78 Å². The van der Waals surface area contributed by atoms with Gasteiger partial charge < -0.3 is 4.74 Å². The van der Waals surface area contributed by atoms with Crippen LogP contribution in [-0.2, 0) is 0 Å². The summed E-state index contributed by atoms with van der Waals surface area (Å²) in [5, 5.41) is 4.73. The van der Waals surface area contributed by atoms with Gasteiger partial charge in [0.05, 0.1) is 21.1 Å². The van der Waals surface area contributed by atoms with Crippen LogP contribution in [0, 0.1) is 18.6 Å². The van der Waals surface area contributed by atoms with Crippen LogP contribution < -0.4 is 10.3 Å². The van der Waals surface area contributed by atoms with E-state index < -0.39 is 17.2 Å². The molecule has 0 atom stereocenters. The smallest absolute Gasteiger partial charge is 0.281 e. The summed E-state index contributed by atoms with van der Waals surface area (Å²) in [6.45, 7) is 1.44. The first kappa shape index (κ1) is 19.3. The first-order valence-corrected chi connectivity index (χ1v) is 9.07. The molecule has 0 saturated carbocycles. The first-order valence-electron chi connectivity index (χ1n) is 8.31. The molecule has 0 spiro atoms. The fourth-order valence-corrected chi connectivity index (χ4v) is 3.42. The summed E-state index contributed by atoms with van der Waals surface area (Å²) in [5.41, 5.74) is 0.470. The van der Waals surface area contributed by atoms with Crippen LogP contribution in [0.25, 0.3) is 16.6 Å². The summed E-state index contributed by atoms with van der Waals surface area (Å²) in [7, 11) is 0. The van der Waals surface area contributed by atoms with E-state index in [-0.39, 0.29) is 32.8 Å². The predicted octanol–water partition coefficient (Wildman–Crippen LogP) is 5.44. The Kier molecular flexibility index (Phi) is 4.94. The van der Waals surface area contributed by atoms with Crippen molar-refractivity contribution in [3.8, 4) is 22.8 Å². The van der Waals surface area contributed by atoms with E-state index >= 15 is 0 Å². The quantitative estimate of drug-likeness (QED) is 0.431. The molecule has 0 aliphatic rings. The van der Waals surface area contributed by atoms with Crippen molar-refractivity contribution in [3.05, 3.63) is 86.4 Å². The zero-order valence-corrected chi connectivity index (χ0v) is 16.3. The topological polar surface area (TPSA) is 56.5 Å². The largest absolute Gasteiger partial charge is 0.434 e. The van der Waals surface area contributed by atoms with Crippen LogP contribution in [0.2, 0.25) is 10.0 Å². The van der Waals surface area contributed by atoms with Gasteiger partial charge in [0.25, 0.3) is 5.56 Å². The lowest BCUT2D eigenvalue weighted by Crippen LogP contribution is -2.14. The molecule has 0 amide bonds. The highest BCUT2D eigenvalue weighted by Crippen LogP contribution is 2.35. The highest BCUT2D eigenvalue weighted by Gasteiger charge is 2.17. The van der Waals surface area contributed by atoms with Crippen molar-refractivity contribution in [3.63, 3.8) is 0 Å². The molecule has 2 aromatic carbocycles. The number of ether oxygens (including phenoxy) is 1. The Labute approximate surface area is 173 Å². The molecule has 0 saturated heterocycles. The van der Waals surface area contributed by atoms with E-state index in [1.54, 1.807) is 18.2 Å². The fourth-order valence-electron chi connectivity index (χ4n) is 2.83. The maximum Gasteiger partial charge on any atom is 0.281 e. The van der Waals surface area contributed by atoms with E-state index in [0.717, 1.165) is 12.1 Å². The summed E-state index contributed by atoms with van der Waals surface area (Å²) in [6.07, 6.45) is 1.19. The molecule has 2 heterocycles. The Morgan fingerprint density at radius 2 is 1.72 bits per heavy atom. The molecule has 0 radical (unpaired) electrons. The zero-order valence-electron chi connectivity index (χ0n) is 14.8. The second-order valence-electron chi connectivity index (χ2n) is 6.16. The molecule has 0 aliphatic carbocycles. The third-order valence-electron chi connectivity index (χ3n) is 4.23. The maximum atomic E-state index is 14.0. The Hall–Kier alpha value is -3.03. The second-order valence-corrected chi connectivity index (χ2v) is 6.97. The minimum atomic E-state index is -0.729. The molecule has 0 fully saturated rings. The molecule has 9 heteroatoms. The summed E-state index contributed by atoms with van der Waals surface area (Å²) in [6, 6.07) is 9.78. The van der Waals surface area contributed by atoms with Crippen molar-refractivity contribution in [1.29, 1.82) is 0 Å². The lowest BCUT2D eigenvalue weighted by molar-refractivity contribution is 0.414. The van der Waals surface area contributed by atoms with Gasteiger partial charge in [0.2, 0.25) is 5.88 Å². The van der Waals surface area contributed by atoms with Gasteiger partial charge in [-0.05, 0) is 36.8 Å². The molecule has 0 unspecified atom stereocenters. The van der Waals surface area contributed by atoms with Gasteiger partial charge in [-0.3, -0.25) is 4.79 Å². The number of benzene rings is 2. The Morgan fingerprint density at radius 1 is 1.00 bits per heavy atom. The third-order valence-corrected chi connectivity index (χ3v) is 4.86. The second kappa shape index (κ2) is 7.42. The lowest BCUT2D eigenvalue weighted by Gasteiger charge is -2.11. The summed E-state index contributed by atoms with van der Waals surface area (Å²) in [4.78, 5) is 16.2. The molecular weight excluding hydrogens is 423 g/mol. The molecule has 0 aliphatic heterocycles. The highest BCUT2D eigenvalue weighted by atomic mass is 35.5. The Bertz CT molecular complexity index is 1310. The van der Waals surface area contributed by atoms with E-state index in [9.17, 15) is 13.6 Å². The van der Waals surface area contributed by atoms with E-state index in [2.05, 4.69) is 10.1 Å². The van der Waals surface area contributed by atoms with Crippen LogP contribution in [0.3, 0.4) is 0 Å². The molecule has 29 heavy (non-hydrogen) atoms. The number of aromatic nitrogens is 3. The summed E-state index contributed by atoms with van der Waals surface area (Å²) < 4.78 is 34.4. The fraction of sp³-hybridized carbons (Fsp3) is 0.0500. The molecule has 4 rings (SSSR count). The van der Waals surface area contributed by atoms with Crippen LogP contribution in [-0.4, -0.2) is 14.6 Å². The lowest BCUT2D eigenvalue weighted by atomic mass is 10.1. The molecular formula is C20H11Cl2F2N3O2. The van der Waals surface area contributed by atoms with E-state index in [0.29, 0.717) is 11.1 Å². The predicted molar refractivity (Wildman–Crippen MR) is 106 cm³/mol. The third kappa shape index (κ3) is 3.54.